The van der Waals surface area contributed by atoms with Crippen LogP contribution in [0.1, 0.15) is 85.5 Å². The van der Waals surface area contributed by atoms with E-state index < -0.39 is 86.5 Å². The summed E-state index contributed by atoms with van der Waals surface area (Å²) < 4.78 is 34.7. The van der Waals surface area contributed by atoms with Crippen LogP contribution >= 0.6 is 0 Å². The third-order valence-corrected chi connectivity index (χ3v) is 17.3. The smallest absolute Gasteiger partial charge is 0.187 e. The lowest BCUT2D eigenvalue weighted by molar-refractivity contribution is -0.357. The number of fused-ring (bicyclic) bond motifs is 9. The minimum atomic E-state index is -1.70. The highest BCUT2D eigenvalue weighted by atomic mass is 16.8. The molecule has 5 aliphatic heterocycles. The summed E-state index contributed by atoms with van der Waals surface area (Å²) in [6, 6.07) is 1.52. The number of aliphatic hydroxyl groups excluding tert-OH is 8. The highest BCUT2D eigenvalue weighted by molar-refractivity contribution is 5.27. The highest BCUT2D eigenvalue weighted by Crippen LogP contribution is 2.70. The summed E-state index contributed by atoms with van der Waals surface area (Å²) in [6.07, 6.45) is -5.93. The van der Waals surface area contributed by atoms with Crippen LogP contribution in [0.15, 0.2) is 11.6 Å². The minimum absolute atomic E-state index is 0.129. The van der Waals surface area contributed by atoms with Gasteiger partial charge in [0.2, 0.25) is 0 Å². The fraction of sp³-hybridized carbons (Fsp3) is 0.953. The second-order valence-electron chi connectivity index (χ2n) is 20.4. The van der Waals surface area contributed by atoms with E-state index in [1.54, 1.807) is 0 Å². The van der Waals surface area contributed by atoms with E-state index in [2.05, 4.69) is 38.7 Å². The van der Waals surface area contributed by atoms with Crippen molar-refractivity contribution in [3.63, 3.8) is 0 Å². The molecule has 0 radical (unpaired) electrons. The maximum Gasteiger partial charge on any atom is 0.187 e. The molecule has 0 amide bonds. The number of hydrogen-bond donors (Lipinski definition) is 8. The van der Waals surface area contributed by atoms with E-state index in [1.165, 1.54) is 44.2 Å². The monoisotopic (exact) mass is 823 g/mol. The quantitative estimate of drug-likeness (QED) is 0.163. The molecule has 8 N–H and O–H groups in total. The van der Waals surface area contributed by atoms with Gasteiger partial charge in [-0.3, -0.25) is 4.90 Å². The molecule has 3 saturated carbocycles. The molecule has 15 nitrogen and oxygen atoms in total. The van der Waals surface area contributed by atoms with Crippen LogP contribution < -0.4 is 0 Å². The lowest BCUT2D eigenvalue weighted by Crippen LogP contribution is -2.63. The van der Waals surface area contributed by atoms with Gasteiger partial charge in [-0.1, -0.05) is 39.3 Å². The summed E-state index contributed by atoms with van der Waals surface area (Å²) in [7, 11) is 0. The molecule has 5 heterocycles. The predicted molar refractivity (Wildman–Crippen MR) is 204 cm³/mol. The summed E-state index contributed by atoms with van der Waals surface area (Å²) in [5.41, 5.74) is 2.01. The van der Waals surface area contributed by atoms with E-state index in [-0.39, 0.29) is 24.7 Å². The second kappa shape index (κ2) is 16.0. The summed E-state index contributed by atoms with van der Waals surface area (Å²) in [4.78, 5) is 2.96. The van der Waals surface area contributed by atoms with E-state index in [9.17, 15) is 40.9 Å². The Morgan fingerprint density at radius 3 is 2.07 bits per heavy atom. The molecule has 24 unspecified atom stereocenters. The van der Waals surface area contributed by atoms with Gasteiger partial charge in [0.1, 0.15) is 61.0 Å². The van der Waals surface area contributed by atoms with Gasteiger partial charge in [0.25, 0.3) is 0 Å². The molecule has 8 fully saturated rings. The Hall–Kier alpha value is -0.860. The average molecular weight is 824 g/mol. The number of piperidine rings is 1. The first kappa shape index (κ1) is 42.4. The van der Waals surface area contributed by atoms with Gasteiger partial charge in [-0.15, -0.1) is 0 Å². The predicted octanol–water partition coefficient (Wildman–Crippen LogP) is 0.406. The zero-order valence-corrected chi connectivity index (χ0v) is 34.4. The first-order valence-electron chi connectivity index (χ1n) is 22.3. The minimum Gasteiger partial charge on any atom is -0.394 e. The van der Waals surface area contributed by atoms with Gasteiger partial charge >= 0.3 is 0 Å². The molecule has 0 aromatic carbocycles. The van der Waals surface area contributed by atoms with Crippen molar-refractivity contribution in [2.75, 3.05) is 26.4 Å². The van der Waals surface area contributed by atoms with Crippen molar-refractivity contribution in [1.29, 1.82) is 0 Å². The van der Waals surface area contributed by atoms with Crippen molar-refractivity contribution in [2.24, 2.45) is 46.3 Å². The van der Waals surface area contributed by atoms with E-state index >= 15 is 0 Å². The SMILES string of the molecule is CC1CCC2C(C)C3C(CC4C5CC=C6CC(OC7OCC(OC8OCC(OC9OC(CO)C(O)C(O)C9O)C(O)C8O)C(O)C7O)CCC6(C)C5CCC43C)N2C1. The molecule has 4 aliphatic carbocycles. The largest absolute Gasteiger partial charge is 0.394 e. The molecule has 24 atom stereocenters. The van der Waals surface area contributed by atoms with Crippen LogP contribution in [-0.4, -0.2) is 170 Å². The van der Waals surface area contributed by atoms with Crippen LogP contribution in [0, 0.1) is 46.3 Å². The normalized spacial score (nSPS) is 57.1. The van der Waals surface area contributed by atoms with Crippen LogP contribution in [0.25, 0.3) is 0 Å². The number of allylic oxidation sites excluding steroid dienone is 1. The lowest BCUT2D eigenvalue weighted by Gasteiger charge is -2.58. The van der Waals surface area contributed by atoms with E-state index in [0.717, 1.165) is 61.4 Å². The Morgan fingerprint density at radius 1 is 0.724 bits per heavy atom. The van der Waals surface area contributed by atoms with Gasteiger partial charge in [0, 0.05) is 18.6 Å². The van der Waals surface area contributed by atoms with E-state index in [1.807, 2.05) is 0 Å². The Kier molecular flexibility index (Phi) is 11.7. The fourth-order valence-electron chi connectivity index (χ4n) is 14.2. The maximum atomic E-state index is 11.2. The van der Waals surface area contributed by atoms with Gasteiger partial charge in [0.05, 0.1) is 25.9 Å². The van der Waals surface area contributed by atoms with Crippen molar-refractivity contribution in [2.45, 2.75) is 184 Å². The van der Waals surface area contributed by atoms with Crippen LogP contribution in [0.4, 0.5) is 0 Å². The standard InChI is InChI=1S/C43H69NO14/c1-19-5-8-26-20(2)31-27(44(26)15-19)14-25-23-7-6-21-13-22(9-11-42(21,3)24(23)10-12-43(25,31)4)55-39-36(50)33(47)29(17-53-39)57-40-37(51)34(48)30(18-54-40)58-41-38(52)35(49)32(46)28(16-45)56-41/h6,19-20,22-41,45-52H,5,7-18H2,1-4H3. The number of aliphatic hydroxyl groups is 8. The first-order valence-corrected chi connectivity index (χ1v) is 22.3. The molecule has 5 saturated heterocycles. The van der Waals surface area contributed by atoms with Crippen LogP contribution in [0.3, 0.4) is 0 Å². The summed E-state index contributed by atoms with van der Waals surface area (Å²) in [5.74, 6) is 4.54. The van der Waals surface area contributed by atoms with Crippen molar-refractivity contribution in [3.8, 4) is 0 Å². The fourth-order valence-corrected chi connectivity index (χ4v) is 14.2. The molecule has 9 aliphatic rings. The molecular weight excluding hydrogens is 754 g/mol. The topological polar surface area (TPSA) is 220 Å². The maximum absolute atomic E-state index is 11.2. The molecule has 0 bridgehead atoms. The van der Waals surface area contributed by atoms with Crippen LogP contribution in [0.5, 0.6) is 0 Å². The van der Waals surface area contributed by atoms with Crippen LogP contribution in [0.2, 0.25) is 0 Å². The summed E-state index contributed by atoms with van der Waals surface area (Å²) >= 11 is 0. The van der Waals surface area contributed by atoms with Crippen molar-refractivity contribution in [3.05, 3.63) is 11.6 Å². The molecular formula is C43H69NO14. The number of nitrogens with zero attached hydrogens (tertiary/aromatic N) is 1. The zero-order chi connectivity index (χ0) is 41.0. The Bertz CT molecular complexity index is 1500. The summed E-state index contributed by atoms with van der Waals surface area (Å²) in [6.45, 7) is 10.3. The first-order chi connectivity index (χ1) is 27.6. The molecule has 58 heavy (non-hydrogen) atoms. The Morgan fingerprint density at radius 2 is 1.38 bits per heavy atom. The third kappa shape index (κ3) is 6.89. The van der Waals surface area contributed by atoms with Gasteiger partial charge in [0.15, 0.2) is 18.9 Å². The molecule has 15 heteroatoms. The zero-order valence-electron chi connectivity index (χ0n) is 34.4. The third-order valence-electron chi connectivity index (χ3n) is 17.3. The number of ether oxygens (including phenoxy) is 6. The number of rotatable bonds is 7. The van der Waals surface area contributed by atoms with E-state index in [0.29, 0.717) is 17.3 Å². The van der Waals surface area contributed by atoms with Gasteiger partial charge in [-0.05, 0) is 104 Å². The van der Waals surface area contributed by atoms with Gasteiger partial charge in [-0.2, -0.15) is 0 Å². The molecule has 0 spiro atoms. The number of hydrogen-bond acceptors (Lipinski definition) is 15. The van der Waals surface area contributed by atoms with Crippen molar-refractivity contribution < 1.29 is 69.3 Å². The summed E-state index contributed by atoms with van der Waals surface area (Å²) in [5, 5.41) is 83.9. The Labute approximate surface area is 341 Å². The van der Waals surface area contributed by atoms with Crippen molar-refractivity contribution >= 4 is 0 Å². The lowest BCUT2D eigenvalue weighted by atomic mass is 9.47. The van der Waals surface area contributed by atoms with Crippen LogP contribution in [-0.2, 0) is 28.4 Å². The van der Waals surface area contributed by atoms with Gasteiger partial charge < -0.3 is 69.3 Å². The van der Waals surface area contributed by atoms with E-state index in [4.69, 9.17) is 28.4 Å². The second-order valence-corrected chi connectivity index (χ2v) is 20.4. The molecule has 0 aromatic heterocycles. The molecule has 9 rings (SSSR count). The van der Waals surface area contributed by atoms with Gasteiger partial charge in [-0.25, -0.2) is 0 Å². The average Bonchev–Trinajstić information content (AvgIpc) is 3.67. The highest BCUT2D eigenvalue weighted by Gasteiger charge is 2.66. The molecule has 0 aromatic rings. The Balaban J connectivity index is 0.779. The molecule has 330 valence electrons. The van der Waals surface area contributed by atoms with Crippen molar-refractivity contribution in [1.82, 2.24) is 4.90 Å².